The van der Waals surface area contributed by atoms with Gasteiger partial charge >= 0.3 is 0 Å². The summed E-state index contributed by atoms with van der Waals surface area (Å²) in [5, 5.41) is 3.60. The van der Waals surface area contributed by atoms with Gasteiger partial charge in [-0.1, -0.05) is 13.8 Å². The van der Waals surface area contributed by atoms with Crippen LogP contribution in [0.5, 0.6) is 0 Å². The van der Waals surface area contributed by atoms with Crippen LogP contribution >= 0.6 is 0 Å². The first-order valence-electron chi connectivity index (χ1n) is 6.60. The van der Waals surface area contributed by atoms with E-state index in [9.17, 15) is 0 Å². The Morgan fingerprint density at radius 2 is 2.00 bits per heavy atom. The van der Waals surface area contributed by atoms with Gasteiger partial charge < -0.3 is 11.1 Å². The monoisotopic (exact) mass is 210 g/mol. The van der Waals surface area contributed by atoms with Gasteiger partial charge in [-0.2, -0.15) is 0 Å². The van der Waals surface area contributed by atoms with Gasteiger partial charge in [0, 0.05) is 12.6 Å². The Balaban J connectivity index is 1.55. The van der Waals surface area contributed by atoms with Crippen LogP contribution in [0.15, 0.2) is 0 Å². The van der Waals surface area contributed by atoms with Crippen LogP contribution in [0.25, 0.3) is 0 Å². The van der Waals surface area contributed by atoms with Gasteiger partial charge in [-0.15, -0.1) is 0 Å². The van der Waals surface area contributed by atoms with E-state index in [4.69, 9.17) is 5.73 Å². The van der Waals surface area contributed by atoms with Gasteiger partial charge in [0.15, 0.2) is 0 Å². The first-order chi connectivity index (χ1) is 7.14. The zero-order valence-electron chi connectivity index (χ0n) is 10.3. The van der Waals surface area contributed by atoms with Crippen LogP contribution in [0.3, 0.4) is 0 Å². The Morgan fingerprint density at radius 1 is 1.33 bits per heavy atom. The molecule has 0 aromatic rings. The third-order valence-electron chi connectivity index (χ3n) is 4.48. The molecule has 1 atom stereocenters. The molecule has 0 radical (unpaired) electrons. The molecule has 2 nitrogen and oxygen atoms in total. The number of nitrogens with two attached hydrogens (primary N) is 1. The van der Waals surface area contributed by atoms with Crippen LogP contribution in [-0.2, 0) is 0 Å². The minimum Gasteiger partial charge on any atom is -0.327 e. The highest BCUT2D eigenvalue weighted by atomic mass is 14.9. The molecule has 1 unspecified atom stereocenters. The average molecular weight is 210 g/mol. The van der Waals surface area contributed by atoms with Crippen molar-refractivity contribution < 1.29 is 0 Å². The molecule has 2 fully saturated rings. The van der Waals surface area contributed by atoms with Gasteiger partial charge in [-0.05, 0) is 55.9 Å². The second-order valence-corrected chi connectivity index (χ2v) is 5.98. The van der Waals surface area contributed by atoms with Crippen LogP contribution in [0.1, 0.15) is 46.0 Å². The molecule has 0 spiro atoms. The van der Waals surface area contributed by atoms with E-state index in [0.717, 1.165) is 18.4 Å². The summed E-state index contributed by atoms with van der Waals surface area (Å²) >= 11 is 0. The van der Waals surface area contributed by atoms with Crippen LogP contribution in [0.2, 0.25) is 0 Å². The Morgan fingerprint density at radius 3 is 2.47 bits per heavy atom. The van der Waals surface area contributed by atoms with Crippen molar-refractivity contribution in [3.8, 4) is 0 Å². The lowest BCUT2D eigenvalue weighted by Crippen LogP contribution is -2.32. The molecule has 2 aliphatic carbocycles. The van der Waals surface area contributed by atoms with Gasteiger partial charge in [0.05, 0.1) is 0 Å². The van der Waals surface area contributed by atoms with Gasteiger partial charge in [-0.25, -0.2) is 0 Å². The van der Waals surface area contributed by atoms with E-state index < -0.39 is 0 Å². The molecule has 2 rings (SSSR count). The molecule has 2 heteroatoms. The minimum absolute atomic E-state index is 0.465. The predicted molar refractivity (Wildman–Crippen MR) is 64.7 cm³/mol. The Labute approximate surface area is 94.0 Å². The maximum absolute atomic E-state index is 6.06. The summed E-state index contributed by atoms with van der Waals surface area (Å²) in [5.41, 5.74) is 6.71. The topological polar surface area (TPSA) is 38.0 Å². The highest BCUT2D eigenvalue weighted by Gasteiger charge is 2.44. The minimum atomic E-state index is 0.465. The van der Waals surface area contributed by atoms with Crippen molar-refractivity contribution in [2.75, 3.05) is 13.1 Å². The summed E-state index contributed by atoms with van der Waals surface area (Å²) in [6.45, 7) is 7.03. The fourth-order valence-corrected chi connectivity index (χ4v) is 2.48. The zero-order chi connectivity index (χ0) is 10.9. The summed E-state index contributed by atoms with van der Waals surface area (Å²) in [7, 11) is 0. The van der Waals surface area contributed by atoms with E-state index in [1.807, 2.05) is 0 Å². The fourth-order valence-electron chi connectivity index (χ4n) is 2.48. The SMILES string of the molecule is CC(C)C1(CNCCC(N)C2CC2)CC1. The molecule has 3 N–H and O–H groups in total. The normalized spacial score (nSPS) is 25.6. The van der Waals surface area contributed by atoms with E-state index in [2.05, 4.69) is 19.2 Å². The van der Waals surface area contributed by atoms with Crippen LogP contribution in [0, 0.1) is 17.3 Å². The van der Waals surface area contributed by atoms with Crippen molar-refractivity contribution in [2.24, 2.45) is 23.0 Å². The molecule has 0 heterocycles. The lowest BCUT2D eigenvalue weighted by molar-refractivity contribution is 0.335. The Bertz CT molecular complexity index is 205. The van der Waals surface area contributed by atoms with Crippen molar-refractivity contribution in [3.63, 3.8) is 0 Å². The summed E-state index contributed by atoms with van der Waals surface area (Å²) in [4.78, 5) is 0. The summed E-state index contributed by atoms with van der Waals surface area (Å²) in [6, 6.07) is 0.465. The Kier molecular flexibility index (Phi) is 3.36. The van der Waals surface area contributed by atoms with E-state index in [1.54, 1.807) is 0 Å². The molecule has 0 amide bonds. The molecule has 0 aromatic heterocycles. The summed E-state index contributed by atoms with van der Waals surface area (Å²) in [6.07, 6.45) is 6.76. The smallest absolute Gasteiger partial charge is 0.00792 e. The summed E-state index contributed by atoms with van der Waals surface area (Å²) in [5.74, 6) is 1.69. The van der Waals surface area contributed by atoms with Gasteiger partial charge in [0.25, 0.3) is 0 Å². The van der Waals surface area contributed by atoms with Gasteiger partial charge in [-0.3, -0.25) is 0 Å². The highest BCUT2D eigenvalue weighted by molar-refractivity contribution is 4.97. The summed E-state index contributed by atoms with van der Waals surface area (Å²) < 4.78 is 0. The van der Waals surface area contributed by atoms with E-state index in [0.29, 0.717) is 11.5 Å². The van der Waals surface area contributed by atoms with E-state index >= 15 is 0 Å². The molecule has 0 bridgehead atoms. The van der Waals surface area contributed by atoms with E-state index in [1.165, 1.54) is 38.6 Å². The molecule has 88 valence electrons. The fraction of sp³-hybridized carbons (Fsp3) is 1.00. The quantitative estimate of drug-likeness (QED) is 0.632. The molecule has 0 aliphatic heterocycles. The van der Waals surface area contributed by atoms with Crippen LogP contribution in [-0.4, -0.2) is 19.1 Å². The molecule has 2 saturated carbocycles. The molecule has 15 heavy (non-hydrogen) atoms. The lowest BCUT2D eigenvalue weighted by Gasteiger charge is -2.20. The third-order valence-corrected chi connectivity index (χ3v) is 4.48. The molecular weight excluding hydrogens is 184 g/mol. The van der Waals surface area contributed by atoms with E-state index in [-0.39, 0.29) is 0 Å². The van der Waals surface area contributed by atoms with Crippen LogP contribution in [0.4, 0.5) is 0 Å². The maximum atomic E-state index is 6.06. The number of rotatable bonds is 7. The molecule has 2 aliphatic rings. The van der Waals surface area contributed by atoms with Crippen molar-refractivity contribution >= 4 is 0 Å². The largest absolute Gasteiger partial charge is 0.327 e. The molecular formula is C13H26N2. The van der Waals surface area contributed by atoms with Crippen molar-refractivity contribution in [1.82, 2.24) is 5.32 Å². The van der Waals surface area contributed by atoms with Crippen molar-refractivity contribution in [3.05, 3.63) is 0 Å². The number of hydrogen-bond acceptors (Lipinski definition) is 2. The average Bonchev–Trinajstić information content (AvgIpc) is 3.02. The van der Waals surface area contributed by atoms with Gasteiger partial charge in [0.1, 0.15) is 0 Å². The third kappa shape index (κ3) is 2.94. The highest BCUT2D eigenvalue weighted by Crippen LogP contribution is 2.51. The standard InChI is InChI=1S/C13H26N2/c1-10(2)13(6-7-13)9-15-8-5-12(14)11-3-4-11/h10-12,15H,3-9,14H2,1-2H3. The van der Waals surface area contributed by atoms with Crippen LogP contribution < -0.4 is 11.1 Å². The lowest BCUT2D eigenvalue weighted by atomic mass is 9.92. The zero-order valence-corrected chi connectivity index (χ0v) is 10.3. The predicted octanol–water partition coefficient (Wildman–Crippen LogP) is 2.14. The number of hydrogen-bond donors (Lipinski definition) is 2. The van der Waals surface area contributed by atoms with Crippen molar-refractivity contribution in [2.45, 2.75) is 52.0 Å². The maximum Gasteiger partial charge on any atom is 0.00792 e. The van der Waals surface area contributed by atoms with Gasteiger partial charge in [0.2, 0.25) is 0 Å². The molecule has 0 saturated heterocycles. The second-order valence-electron chi connectivity index (χ2n) is 5.98. The second kappa shape index (κ2) is 4.42. The first-order valence-corrected chi connectivity index (χ1v) is 6.60. The first kappa shape index (κ1) is 11.4. The number of nitrogens with one attached hydrogen (secondary N) is 1. The molecule has 0 aromatic carbocycles. The Hall–Kier alpha value is -0.0800. The van der Waals surface area contributed by atoms with Crippen molar-refractivity contribution in [1.29, 1.82) is 0 Å².